The first-order valence-corrected chi connectivity index (χ1v) is 16.9. The number of carbonyl (C=O) groups excluding carboxylic acids is 1. The van der Waals surface area contributed by atoms with E-state index in [2.05, 4.69) is 27.8 Å². The van der Waals surface area contributed by atoms with Gasteiger partial charge in [0, 0.05) is 44.3 Å². The van der Waals surface area contributed by atoms with Crippen molar-refractivity contribution in [2.24, 2.45) is 5.73 Å². The summed E-state index contributed by atoms with van der Waals surface area (Å²) in [5.74, 6) is 0.997. The summed E-state index contributed by atoms with van der Waals surface area (Å²) in [5, 5.41) is 7.98. The van der Waals surface area contributed by atoms with Gasteiger partial charge < -0.3 is 35.6 Å². The molecule has 2 aromatic rings. The molecule has 0 bridgehead atoms. The van der Waals surface area contributed by atoms with Crippen LogP contribution in [-0.4, -0.2) is 89.1 Å². The number of nitrogens with one attached hydrogen (secondary N) is 3. The van der Waals surface area contributed by atoms with Crippen LogP contribution in [0.3, 0.4) is 0 Å². The number of amides is 1. The lowest BCUT2D eigenvalue weighted by molar-refractivity contribution is 0.0206. The molecule has 4 unspecified atom stereocenters. The Kier molecular flexibility index (Phi) is 9.27. The summed E-state index contributed by atoms with van der Waals surface area (Å²) in [4.78, 5) is 44.7. The van der Waals surface area contributed by atoms with E-state index < -0.39 is 5.60 Å². The molecule has 1 saturated carbocycles. The first-order chi connectivity index (χ1) is 21.1. The number of likely N-dealkylation sites (tertiary alicyclic amines) is 1. The Labute approximate surface area is 262 Å². The number of fused-ring (bicyclic) bond motifs is 1. The van der Waals surface area contributed by atoms with Crippen molar-refractivity contribution in [1.82, 2.24) is 25.2 Å². The van der Waals surface area contributed by atoms with Gasteiger partial charge in [-0.05, 0) is 59.0 Å². The molecule has 4 aliphatic rings. The molecule has 6 rings (SSSR count). The van der Waals surface area contributed by atoms with Gasteiger partial charge in [-0.15, -0.1) is 11.3 Å². The fraction of sp³-hybridized carbons (Fsp3) is 0.677. The van der Waals surface area contributed by atoms with Crippen LogP contribution in [0.5, 0.6) is 0 Å². The smallest absolute Gasteiger partial charge is 0.410 e. The van der Waals surface area contributed by atoms with Gasteiger partial charge in [-0.3, -0.25) is 9.78 Å². The molecule has 13 heteroatoms. The Bertz CT molecular complexity index is 1410. The van der Waals surface area contributed by atoms with Crippen LogP contribution in [0.15, 0.2) is 10.9 Å². The van der Waals surface area contributed by atoms with E-state index in [1.807, 2.05) is 25.7 Å². The number of ether oxygens (including phenoxy) is 2. The molecule has 2 saturated heterocycles. The zero-order valence-electron chi connectivity index (χ0n) is 26.1. The predicted octanol–water partition coefficient (Wildman–Crippen LogP) is 3.86. The quantitative estimate of drug-likeness (QED) is 0.372. The summed E-state index contributed by atoms with van der Waals surface area (Å²) in [7, 11) is 0. The summed E-state index contributed by atoms with van der Waals surface area (Å²) in [5.41, 5.74) is 7.05. The zero-order chi connectivity index (χ0) is 30.8. The number of aromatic nitrogens is 3. The van der Waals surface area contributed by atoms with Gasteiger partial charge >= 0.3 is 6.09 Å². The second-order valence-corrected chi connectivity index (χ2v) is 14.3. The van der Waals surface area contributed by atoms with E-state index in [1.165, 1.54) is 24.2 Å². The van der Waals surface area contributed by atoms with Crippen molar-refractivity contribution in [2.75, 3.05) is 49.6 Å². The van der Waals surface area contributed by atoms with Gasteiger partial charge in [-0.1, -0.05) is 18.9 Å². The van der Waals surface area contributed by atoms with Gasteiger partial charge in [0.1, 0.15) is 22.0 Å². The first-order valence-electron chi connectivity index (χ1n) is 16.1. The van der Waals surface area contributed by atoms with Crippen molar-refractivity contribution in [3.63, 3.8) is 0 Å². The zero-order valence-corrected chi connectivity index (χ0v) is 26.9. The Morgan fingerprint density at radius 1 is 1.14 bits per heavy atom. The maximum atomic E-state index is 13.9. The van der Waals surface area contributed by atoms with E-state index in [-0.39, 0.29) is 35.8 Å². The summed E-state index contributed by atoms with van der Waals surface area (Å²) in [6, 6.07) is 0.347. The molecule has 2 aromatic heterocycles. The topological polar surface area (TPSA) is 151 Å². The number of carbonyl (C=O) groups is 1. The van der Waals surface area contributed by atoms with Crippen LogP contribution in [0.1, 0.15) is 82.3 Å². The largest absolute Gasteiger partial charge is 0.444 e. The van der Waals surface area contributed by atoms with E-state index in [0.29, 0.717) is 61.7 Å². The number of rotatable bonds is 6. The number of nitrogens with two attached hydrogens (primary N) is 1. The van der Waals surface area contributed by atoms with Crippen molar-refractivity contribution < 1.29 is 14.3 Å². The third kappa shape index (κ3) is 7.11. The lowest BCUT2D eigenvalue weighted by Gasteiger charge is -2.35. The molecule has 0 spiro atoms. The molecule has 0 aromatic carbocycles. The molecule has 44 heavy (non-hydrogen) atoms. The number of hydrogen-bond acceptors (Lipinski definition) is 11. The average Bonchev–Trinajstić information content (AvgIpc) is 3.42. The summed E-state index contributed by atoms with van der Waals surface area (Å²) >= 11 is 1.51. The minimum atomic E-state index is -0.570. The number of hydrogen-bond donors (Lipinski definition) is 4. The van der Waals surface area contributed by atoms with Crippen molar-refractivity contribution in [3.05, 3.63) is 27.0 Å². The number of aromatic amines is 1. The Morgan fingerprint density at radius 2 is 1.93 bits per heavy atom. The second kappa shape index (κ2) is 13.2. The van der Waals surface area contributed by atoms with E-state index in [0.717, 1.165) is 42.7 Å². The number of H-pyrrole nitrogens is 1. The van der Waals surface area contributed by atoms with Crippen LogP contribution in [0, 0.1) is 0 Å². The maximum absolute atomic E-state index is 13.9. The van der Waals surface area contributed by atoms with Crippen molar-refractivity contribution in [3.8, 4) is 10.6 Å². The number of morpholine rings is 1. The highest BCUT2D eigenvalue weighted by atomic mass is 32.1. The molecule has 2 aliphatic heterocycles. The predicted molar refractivity (Wildman–Crippen MR) is 173 cm³/mol. The van der Waals surface area contributed by atoms with Gasteiger partial charge in [0.05, 0.1) is 29.8 Å². The Hall–Kier alpha value is -3.00. The maximum Gasteiger partial charge on any atom is 0.410 e. The second-order valence-electron chi connectivity index (χ2n) is 13.3. The van der Waals surface area contributed by atoms with Crippen LogP contribution >= 0.6 is 11.3 Å². The number of thiazole rings is 1. The number of piperidine rings is 1. The summed E-state index contributed by atoms with van der Waals surface area (Å²) < 4.78 is 11.2. The molecule has 12 nitrogen and oxygen atoms in total. The molecule has 2 aliphatic carbocycles. The molecule has 3 fully saturated rings. The third-order valence-corrected chi connectivity index (χ3v) is 9.79. The first kappa shape index (κ1) is 31.0. The Morgan fingerprint density at radius 3 is 2.70 bits per heavy atom. The highest BCUT2D eigenvalue weighted by Crippen LogP contribution is 2.38. The van der Waals surface area contributed by atoms with Gasteiger partial charge in [-0.25, -0.2) is 9.78 Å². The van der Waals surface area contributed by atoms with Crippen molar-refractivity contribution in [2.45, 2.75) is 95.5 Å². The molecule has 4 atom stereocenters. The lowest BCUT2D eigenvalue weighted by atomic mass is 9.89. The fourth-order valence-electron chi connectivity index (χ4n) is 6.48. The van der Waals surface area contributed by atoms with E-state index in [9.17, 15) is 9.59 Å². The molecule has 4 heterocycles. The minimum Gasteiger partial charge on any atom is -0.444 e. The van der Waals surface area contributed by atoms with Crippen LogP contribution in [0.25, 0.3) is 16.6 Å². The fourth-order valence-corrected chi connectivity index (χ4v) is 7.58. The summed E-state index contributed by atoms with van der Waals surface area (Å²) in [6.45, 7) is 9.14. The van der Waals surface area contributed by atoms with Gasteiger partial charge in [0.25, 0.3) is 5.56 Å². The van der Waals surface area contributed by atoms with E-state index in [4.69, 9.17) is 25.2 Å². The molecule has 5 N–H and O–H groups in total. The highest BCUT2D eigenvalue weighted by Gasteiger charge is 2.32. The normalized spacial score (nSPS) is 25.9. The molecular weight excluding hydrogens is 580 g/mol. The van der Waals surface area contributed by atoms with Gasteiger partial charge in [0.2, 0.25) is 5.95 Å². The van der Waals surface area contributed by atoms with E-state index >= 15 is 0 Å². The van der Waals surface area contributed by atoms with Crippen LogP contribution in [0.4, 0.5) is 16.6 Å². The number of nitrogens with zero attached hydrogens (tertiary/aromatic N) is 4. The van der Waals surface area contributed by atoms with Crippen LogP contribution in [0.2, 0.25) is 0 Å². The van der Waals surface area contributed by atoms with Crippen LogP contribution < -0.4 is 26.8 Å². The van der Waals surface area contributed by atoms with Crippen molar-refractivity contribution >= 4 is 35.3 Å². The highest BCUT2D eigenvalue weighted by molar-refractivity contribution is 7.16. The molecule has 0 radical (unpaired) electrons. The lowest BCUT2D eigenvalue weighted by Crippen LogP contribution is -2.48. The van der Waals surface area contributed by atoms with E-state index in [1.54, 1.807) is 4.90 Å². The van der Waals surface area contributed by atoms with Crippen LogP contribution in [-0.2, 0) is 9.47 Å². The van der Waals surface area contributed by atoms with Gasteiger partial charge in [0.15, 0.2) is 0 Å². The average molecular weight is 627 g/mol. The summed E-state index contributed by atoms with van der Waals surface area (Å²) in [6.07, 6.45) is 10.9. The molecular formula is C31H46N8O4S. The molecule has 240 valence electrons. The Balaban J connectivity index is 1.30. The number of anilines is 2. The van der Waals surface area contributed by atoms with Gasteiger partial charge in [-0.2, -0.15) is 4.98 Å². The monoisotopic (exact) mass is 626 g/mol. The van der Waals surface area contributed by atoms with Crippen molar-refractivity contribution in [1.29, 1.82) is 0 Å². The molecule has 1 amide bonds. The SMILES string of the molecule is CC(C)(C)OC(=O)N1CCCC(Nc2nc(N3CCOCC3)[nH]c(=O)c2-c2nc3c(s2)C=CCC3NC2CCCCC2N)C1. The third-order valence-electron chi connectivity index (χ3n) is 8.73. The standard InChI is InChI=1S/C31H46N8O4S/c1-31(2,3)43-30(41)39-13-7-8-19(18-39)33-26-24(27(40)37-29(36-26)38-14-16-42-17-15-38)28-35-25-22(11-6-12-23(25)44-28)34-21-10-5-4-9-20(21)32/h6,12,19-22,34H,4-5,7-11,13-18,32H2,1-3H3,(H2,33,36,37,40). The minimum absolute atomic E-state index is 0.0472.